The molecule has 2 amide bonds. The van der Waals surface area contributed by atoms with Crippen molar-refractivity contribution >= 4 is 77.7 Å². The Morgan fingerprint density at radius 1 is 0.914 bits per heavy atom. The number of nitrogens with one attached hydrogen (secondary N) is 2. The molecule has 300 valence electrons. The SMILES string of the molecule is C=CC(=O)OCC(C)(C)C(=O)NC1=N/C(=C\c2[n-]c(NC(=O)C(C)SC(COC=O)OC=O)c(C(=O)OC)c2-c2ccccc2)C(c2ccccc2)=C1C(=O)OC.[Zn]. The molecule has 0 fully saturated rings. The van der Waals surface area contributed by atoms with E-state index in [4.69, 9.17) is 23.7 Å². The summed E-state index contributed by atoms with van der Waals surface area (Å²) in [7, 11) is 2.33. The van der Waals surface area contributed by atoms with Crippen molar-refractivity contribution in [2.75, 3.05) is 32.8 Å². The quantitative estimate of drug-likeness (QED) is 0.0461. The molecule has 3 aromatic rings. The molecule has 1 aliphatic heterocycles. The van der Waals surface area contributed by atoms with E-state index in [-0.39, 0.29) is 91.0 Å². The molecular weight excluding hydrogens is 826 g/mol. The van der Waals surface area contributed by atoms with Crippen LogP contribution in [0.2, 0.25) is 0 Å². The molecule has 1 aliphatic rings. The first-order chi connectivity index (χ1) is 27.3. The number of benzene rings is 2. The zero-order valence-corrected chi connectivity index (χ0v) is 36.1. The number of allylic oxidation sites excluding steroid dienone is 1. The van der Waals surface area contributed by atoms with Crippen molar-refractivity contribution in [3.05, 3.63) is 101 Å². The van der Waals surface area contributed by atoms with Crippen molar-refractivity contribution in [3.8, 4) is 11.1 Å². The minimum Gasteiger partial charge on any atom is -0.465 e. The fourth-order valence-corrected chi connectivity index (χ4v) is 6.23. The van der Waals surface area contributed by atoms with Gasteiger partial charge in [0.05, 0.1) is 36.1 Å². The van der Waals surface area contributed by atoms with Gasteiger partial charge in [-0.2, -0.15) is 0 Å². The van der Waals surface area contributed by atoms with E-state index in [1.54, 1.807) is 60.7 Å². The Balaban J connectivity index is 0.00000900. The zero-order chi connectivity index (χ0) is 41.7. The molecule has 0 radical (unpaired) electrons. The first kappa shape index (κ1) is 46.3. The third-order valence-corrected chi connectivity index (χ3v) is 9.36. The van der Waals surface area contributed by atoms with Crippen molar-refractivity contribution in [2.24, 2.45) is 10.4 Å². The summed E-state index contributed by atoms with van der Waals surface area (Å²) in [5.74, 6) is -4.08. The number of ether oxygens (including phenoxy) is 5. The molecule has 0 spiro atoms. The molecule has 0 saturated carbocycles. The van der Waals surface area contributed by atoms with E-state index in [0.717, 1.165) is 24.9 Å². The number of hydrogen-bond acceptors (Lipinski definition) is 14. The number of aliphatic imine (C=N–C) groups is 1. The minimum atomic E-state index is -1.30. The number of carbonyl (C=O) groups excluding carboxylic acids is 7. The van der Waals surface area contributed by atoms with E-state index in [2.05, 4.69) is 27.2 Å². The van der Waals surface area contributed by atoms with Gasteiger partial charge in [-0.3, -0.25) is 19.2 Å². The van der Waals surface area contributed by atoms with Crippen LogP contribution < -0.4 is 15.6 Å². The number of hydrogen-bond donors (Lipinski definition) is 2. The van der Waals surface area contributed by atoms with Crippen LogP contribution in [-0.2, 0) is 71.9 Å². The molecular formula is C40H39N4O12SZn-. The first-order valence-electron chi connectivity index (χ1n) is 17.0. The summed E-state index contributed by atoms with van der Waals surface area (Å²) in [4.78, 5) is 97.1. The largest absolute Gasteiger partial charge is 0.465 e. The number of anilines is 1. The summed E-state index contributed by atoms with van der Waals surface area (Å²) < 4.78 is 25.0. The van der Waals surface area contributed by atoms with E-state index in [1.807, 2.05) is 0 Å². The molecule has 2 atom stereocenters. The van der Waals surface area contributed by atoms with Crippen molar-refractivity contribution in [3.63, 3.8) is 0 Å². The van der Waals surface area contributed by atoms with Gasteiger partial charge in [-0.1, -0.05) is 67.2 Å². The van der Waals surface area contributed by atoms with E-state index >= 15 is 0 Å². The maximum Gasteiger partial charge on any atom is 0.342 e. The smallest absolute Gasteiger partial charge is 0.342 e. The molecule has 4 rings (SSSR count). The van der Waals surface area contributed by atoms with Crippen LogP contribution in [0.5, 0.6) is 0 Å². The van der Waals surface area contributed by atoms with Gasteiger partial charge in [0, 0.05) is 31.1 Å². The molecule has 2 N–H and O–H groups in total. The molecule has 2 unspecified atom stereocenters. The average Bonchev–Trinajstić information content (AvgIpc) is 3.75. The van der Waals surface area contributed by atoms with Gasteiger partial charge in [-0.25, -0.2) is 19.4 Å². The Hall–Kier alpha value is -6.13. The van der Waals surface area contributed by atoms with E-state index in [0.29, 0.717) is 11.1 Å². The number of amides is 2. The second kappa shape index (κ2) is 21.4. The number of methoxy groups -OCH3 is 2. The zero-order valence-electron chi connectivity index (χ0n) is 32.3. The number of carbonyl (C=O) groups is 7. The Morgan fingerprint density at radius 2 is 1.53 bits per heavy atom. The summed E-state index contributed by atoms with van der Waals surface area (Å²) in [6, 6.07) is 17.3. The predicted molar refractivity (Wildman–Crippen MR) is 209 cm³/mol. The van der Waals surface area contributed by atoms with E-state index < -0.39 is 45.8 Å². The number of rotatable bonds is 18. The topological polar surface area (TPSA) is 216 Å². The summed E-state index contributed by atoms with van der Waals surface area (Å²) >= 11 is 0.869. The van der Waals surface area contributed by atoms with Gasteiger partial charge in [0.1, 0.15) is 24.6 Å². The number of nitrogens with zero attached hydrogens (tertiary/aromatic N) is 2. The maximum absolute atomic E-state index is 13.6. The standard InChI is InChI=1S/C40H40N4O12S.Zn/c1-7-28(47)55-20-40(3,4)39(51)44-35-33(38(50)53-6)31(25-16-12-9-13-17-25)27(42-35)18-26-30(24-14-10-8-11-15-24)32(37(49)52-5)34(41-26)43-36(48)23(2)57-29(56-22-46)19-54-21-45;/h7-18,21-23,29H,1,19-20H2,2-6H3,(H3,41,42,43,44,48,49,50,51);/p-1. The van der Waals surface area contributed by atoms with Gasteiger partial charge >= 0.3 is 17.9 Å². The fraction of sp³-hybridized carbons (Fsp3) is 0.250. The van der Waals surface area contributed by atoms with Crippen LogP contribution in [0.25, 0.3) is 22.8 Å². The molecule has 18 heteroatoms. The normalized spacial score (nSPS) is 13.8. The molecule has 2 aromatic carbocycles. The van der Waals surface area contributed by atoms with Gasteiger partial charge in [-0.05, 0) is 55.0 Å². The molecule has 0 aliphatic carbocycles. The van der Waals surface area contributed by atoms with Gasteiger partial charge in [0.25, 0.3) is 12.9 Å². The third-order valence-electron chi connectivity index (χ3n) is 8.19. The van der Waals surface area contributed by atoms with Crippen LogP contribution in [0.1, 0.15) is 42.4 Å². The maximum atomic E-state index is 13.6. The number of amidine groups is 1. The Kier molecular flexibility index (Phi) is 17.1. The van der Waals surface area contributed by atoms with Gasteiger partial charge < -0.3 is 39.3 Å². The Bertz CT molecular complexity index is 2130. The molecule has 16 nitrogen and oxygen atoms in total. The second-order valence-electron chi connectivity index (χ2n) is 12.6. The fourth-order valence-electron chi connectivity index (χ4n) is 5.32. The predicted octanol–water partition coefficient (Wildman–Crippen LogP) is 4.08. The Labute approximate surface area is 350 Å². The van der Waals surface area contributed by atoms with Crippen molar-refractivity contribution < 1.29 is 76.7 Å². The molecule has 58 heavy (non-hydrogen) atoms. The second-order valence-corrected chi connectivity index (χ2v) is 14.1. The minimum absolute atomic E-state index is 0. The first-order valence-corrected chi connectivity index (χ1v) is 18.0. The van der Waals surface area contributed by atoms with Crippen LogP contribution in [0.4, 0.5) is 5.82 Å². The van der Waals surface area contributed by atoms with E-state index in [1.165, 1.54) is 34.0 Å². The number of thioether (sulfide) groups is 1. The number of esters is 3. The molecule has 0 saturated heterocycles. The van der Waals surface area contributed by atoms with Crippen LogP contribution in [0.3, 0.4) is 0 Å². The van der Waals surface area contributed by atoms with Crippen LogP contribution in [0, 0.1) is 5.41 Å². The molecule has 2 heterocycles. The van der Waals surface area contributed by atoms with Crippen molar-refractivity contribution in [1.29, 1.82) is 0 Å². The summed E-state index contributed by atoms with van der Waals surface area (Å²) in [5, 5.41) is 4.42. The van der Waals surface area contributed by atoms with Crippen molar-refractivity contribution in [1.82, 2.24) is 10.3 Å². The third kappa shape index (κ3) is 11.3. The van der Waals surface area contributed by atoms with Gasteiger partial charge in [0.15, 0.2) is 11.3 Å². The van der Waals surface area contributed by atoms with Gasteiger partial charge in [0.2, 0.25) is 5.91 Å². The molecule has 1 aromatic heterocycles. The van der Waals surface area contributed by atoms with Crippen LogP contribution in [0.15, 0.2) is 89.6 Å². The number of aromatic nitrogens is 1. The Morgan fingerprint density at radius 3 is 2.10 bits per heavy atom. The molecule has 0 bridgehead atoms. The summed E-state index contributed by atoms with van der Waals surface area (Å²) in [6.45, 7) is 7.61. The van der Waals surface area contributed by atoms with Crippen molar-refractivity contribution in [2.45, 2.75) is 31.5 Å². The summed E-state index contributed by atoms with van der Waals surface area (Å²) in [6.07, 6.45) is 2.45. The average molecular weight is 865 g/mol. The summed E-state index contributed by atoms with van der Waals surface area (Å²) in [5.41, 5.74) is -0.835. The van der Waals surface area contributed by atoms with Crippen LogP contribution >= 0.6 is 11.8 Å². The van der Waals surface area contributed by atoms with E-state index in [9.17, 15) is 33.6 Å². The monoisotopic (exact) mass is 863 g/mol. The van der Waals surface area contributed by atoms with Crippen LogP contribution in [-0.4, -0.2) is 86.6 Å². The van der Waals surface area contributed by atoms with Gasteiger partial charge in [-0.15, -0.1) is 11.8 Å².